The van der Waals surface area contributed by atoms with Crippen LogP contribution >= 0.6 is 15.9 Å². The van der Waals surface area contributed by atoms with Crippen LogP contribution < -0.4 is 5.32 Å². The minimum Gasteiger partial charge on any atom is -0.351 e. The summed E-state index contributed by atoms with van der Waals surface area (Å²) in [4.78, 5) is 12.1. The first kappa shape index (κ1) is 15.2. The van der Waals surface area contributed by atoms with Gasteiger partial charge in [0.25, 0.3) is 5.91 Å². The van der Waals surface area contributed by atoms with E-state index < -0.39 is 0 Å². The van der Waals surface area contributed by atoms with Crippen LogP contribution in [0.4, 0.5) is 0 Å². The summed E-state index contributed by atoms with van der Waals surface area (Å²) in [5.41, 5.74) is 3.12. The summed E-state index contributed by atoms with van der Waals surface area (Å²) >= 11 is 3.45. The minimum atomic E-state index is 0.0267. The number of carbonyl (C=O) groups is 1. The number of hydrogen-bond donors (Lipinski definition) is 1. The van der Waals surface area contributed by atoms with E-state index >= 15 is 0 Å². The molecule has 0 radical (unpaired) electrons. The molecule has 0 fully saturated rings. The molecular weight excluding hydrogens is 290 g/mol. The Kier molecular flexibility index (Phi) is 5.39. The molecule has 0 saturated heterocycles. The Morgan fingerprint density at radius 2 is 2.00 bits per heavy atom. The molecule has 3 heteroatoms. The van der Waals surface area contributed by atoms with Gasteiger partial charge in [0, 0.05) is 17.4 Å². The molecule has 0 aliphatic heterocycles. The van der Waals surface area contributed by atoms with Gasteiger partial charge in [0.05, 0.1) is 0 Å². The predicted octanol–water partition coefficient (Wildman–Crippen LogP) is 3.84. The monoisotopic (exact) mass is 311 g/mol. The van der Waals surface area contributed by atoms with Crippen molar-refractivity contribution in [1.82, 2.24) is 5.32 Å². The molecule has 1 aromatic rings. The number of nitrogens with one attached hydrogen (secondary N) is 1. The van der Waals surface area contributed by atoms with Gasteiger partial charge in [-0.1, -0.05) is 41.9 Å². The lowest BCUT2D eigenvalue weighted by molar-refractivity contribution is 0.0935. The van der Waals surface area contributed by atoms with E-state index in [-0.39, 0.29) is 11.3 Å². The zero-order valence-corrected chi connectivity index (χ0v) is 13.2. The molecule has 0 aliphatic carbocycles. The van der Waals surface area contributed by atoms with Crippen LogP contribution in [-0.4, -0.2) is 17.8 Å². The van der Waals surface area contributed by atoms with Crippen LogP contribution in [0.15, 0.2) is 18.2 Å². The summed E-state index contributed by atoms with van der Waals surface area (Å²) in [5, 5.41) is 3.99. The first-order chi connectivity index (χ1) is 8.37. The highest BCUT2D eigenvalue weighted by molar-refractivity contribution is 9.09. The molecule has 1 rings (SSSR count). The summed E-state index contributed by atoms with van der Waals surface area (Å²) in [7, 11) is 0. The van der Waals surface area contributed by atoms with Gasteiger partial charge in [0.1, 0.15) is 0 Å². The Morgan fingerprint density at radius 3 is 2.61 bits per heavy atom. The van der Waals surface area contributed by atoms with Crippen LogP contribution in [0.2, 0.25) is 0 Å². The molecule has 0 bridgehead atoms. The first-order valence-corrected chi connectivity index (χ1v) is 7.40. The number of alkyl halides is 1. The van der Waals surface area contributed by atoms with E-state index in [2.05, 4.69) is 35.1 Å². The Morgan fingerprint density at radius 1 is 1.33 bits per heavy atom. The maximum Gasteiger partial charge on any atom is 0.251 e. The predicted molar refractivity (Wildman–Crippen MR) is 80.4 cm³/mol. The highest BCUT2D eigenvalue weighted by Gasteiger charge is 2.19. The van der Waals surface area contributed by atoms with Gasteiger partial charge in [-0.05, 0) is 42.9 Å². The Labute approximate surface area is 118 Å². The number of benzene rings is 1. The number of amides is 1. The zero-order chi connectivity index (χ0) is 13.8. The van der Waals surface area contributed by atoms with Crippen molar-refractivity contribution in [2.24, 2.45) is 5.41 Å². The highest BCUT2D eigenvalue weighted by atomic mass is 79.9. The quantitative estimate of drug-likeness (QED) is 0.822. The van der Waals surface area contributed by atoms with E-state index in [1.807, 2.05) is 32.0 Å². The van der Waals surface area contributed by atoms with Crippen LogP contribution in [0.25, 0.3) is 0 Å². The highest BCUT2D eigenvalue weighted by Crippen LogP contribution is 2.20. The van der Waals surface area contributed by atoms with Crippen LogP contribution in [0, 0.1) is 19.3 Å². The summed E-state index contributed by atoms with van der Waals surface area (Å²) in [6.07, 6.45) is 1.04. The standard InChI is InChI=1S/C15H22BrNO/c1-11-6-5-7-13(12(11)2)14(18)17-10-15(3,4)8-9-16/h5-7H,8-10H2,1-4H3,(H,17,18). The third kappa shape index (κ3) is 4.13. The van der Waals surface area contributed by atoms with Gasteiger partial charge < -0.3 is 5.32 Å². The lowest BCUT2D eigenvalue weighted by Gasteiger charge is -2.24. The number of halogens is 1. The number of aryl methyl sites for hydroxylation is 1. The zero-order valence-electron chi connectivity index (χ0n) is 11.6. The topological polar surface area (TPSA) is 29.1 Å². The summed E-state index contributed by atoms with van der Waals surface area (Å²) < 4.78 is 0. The van der Waals surface area contributed by atoms with Gasteiger partial charge in [-0.3, -0.25) is 4.79 Å². The molecule has 0 saturated carbocycles. The van der Waals surface area contributed by atoms with E-state index in [0.717, 1.165) is 28.4 Å². The molecule has 100 valence electrons. The maximum absolute atomic E-state index is 12.1. The lowest BCUT2D eigenvalue weighted by atomic mass is 9.90. The molecule has 0 heterocycles. The van der Waals surface area contributed by atoms with Crippen molar-refractivity contribution in [3.8, 4) is 0 Å². The normalized spacial score (nSPS) is 11.4. The Bertz CT molecular complexity index is 427. The lowest BCUT2D eigenvalue weighted by Crippen LogP contribution is -2.34. The van der Waals surface area contributed by atoms with Crippen molar-refractivity contribution < 1.29 is 4.79 Å². The Hall–Kier alpha value is -0.830. The summed E-state index contributed by atoms with van der Waals surface area (Å²) in [6, 6.07) is 5.84. The molecule has 1 N–H and O–H groups in total. The fraction of sp³-hybridized carbons (Fsp3) is 0.533. The molecule has 0 spiro atoms. The molecular formula is C15H22BrNO. The summed E-state index contributed by atoms with van der Waals surface area (Å²) in [6.45, 7) is 9.05. The Balaban J connectivity index is 2.69. The van der Waals surface area contributed by atoms with Gasteiger partial charge in [0.2, 0.25) is 0 Å². The van der Waals surface area contributed by atoms with Gasteiger partial charge in [-0.15, -0.1) is 0 Å². The average molecular weight is 312 g/mol. The van der Waals surface area contributed by atoms with Gasteiger partial charge in [-0.2, -0.15) is 0 Å². The molecule has 0 aliphatic rings. The van der Waals surface area contributed by atoms with Crippen molar-refractivity contribution in [2.75, 3.05) is 11.9 Å². The van der Waals surface area contributed by atoms with Crippen LogP contribution in [0.5, 0.6) is 0 Å². The SMILES string of the molecule is Cc1cccc(C(=O)NCC(C)(C)CCBr)c1C. The van der Waals surface area contributed by atoms with Crippen molar-refractivity contribution in [3.05, 3.63) is 34.9 Å². The molecule has 1 aromatic carbocycles. The molecule has 0 atom stereocenters. The van der Waals surface area contributed by atoms with Crippen molar-refractivity contribution in [3.63, 3.8) is 0 Å². The smallest absolute Gasteiger partial charge is 0.251 e. The number of hydrogen-bond acceptors (Lipinski definition) is 1. The van der Waals surface area contributed by atoms with Gasteiger partial charge >= 0.3 is 0 Å². The van der Waals surface area contributed by atoms with Crippen LogP contribution in [0.1, 0.15) is 41.8 Å². The average Bonchev–Trinajstić information content (AvgIpc) is 2.30. The summed E-state index contributed by atoms with van der Waals surface area (Å²) in [5.74, 6) is 0.0267. The van der Waals surface area contributed by atoms with Crippen molar-refractivity contribution in [1.29, 1.82) is 0 Å². The maximum atomic E-state index is 12.1. The van der Waals surface area contributed by atoms with Crippen LogP contribution in [-0.2, 0) is 0 Å². The van der Waals surface area contributed by atoms with E-state index in [9.17, 15) is 4.79 Å². The van der Waals surface area contributed by atoms with E-state index in [1.54, 1.807) is 0 Å². The third-order valence-corrected chi connectivity index (χ3v) is 3.74. The number of rotatable bonds is 5. The van der Waals surface area contributed by atoms with E-state index in [4.69, 9.17) is 0 Å². The van der Waals surface area contributed by atoms with E-state index in [0.29, 0.717) is 6.54 Å². The molecule has 2 nitrogen and oxygen atoms in total. The first-order valence-electron chi connectivity index (χ1n) is 6.28. The third-order valence-electron chi connectivity index (χ3n) is 3.35. The van der Waals surface area contributed by atoms with Crippen molar-refractivity contribution >= 4 is 21.8 Å². The molecule has 0 unspecified atom stereocenters. The van der Waals surface area contributed by atoms with Crippen molar-refractivity contribution in [2.45, 2.75) is 34.1 Å². The second-order valence-corrected chi connectivity index (χ2v) is 6.33. The second-order valence-electron chi connectivity index (χ2n) is 5.53. The second kappa shape index (κ2) is 6.37. The molecule has 1 amide bonds. The van der Waals surface area contributed by atoms with Gasteiger partial charge in [0.15, 0.2) is 0 Å². The van der Waals surface area contributed by atoms with Gasteiger partial charge in [-0.25, -0.2) is 0 Å². The van der Waals surface area contributed by atoms with E-state index in [1.165, 1.54) is 0 Å². The van der Waals surface area contributed by atoms with Crippen LogP contribution in [0.3, 0.4) is 0 Å². The fourth-order valence-electron chi connectivity index (χ4n) is 1.76. The fourth-order valence-corrected chi connectivity index (χ4v) is 2.83. The number of carbonyl (C=O) groups excluding carboxylic acids is 1. The molecule has 18 heavy (non-hydrogen) atoms. The minimum absolute atomic E-state index is 0.0267. The largest absolute Gasteiger partial charge is 0.351 e. The molecule has 0 aromatic heterocycles.